The summed E-state index contributed by atoms with van der Waals surface area (Å²) in [7, 11) is 0. The maximum atomic E-state index is 6.14. The van der Waals surface area contributed by atoms with Crippen molar-refractivity contribution in [3.8, 4) is 41.4 Å². The van der Waals surface area contributed by atoms with Crippen LogP contribution in [0.1, 0.15) is 93.0 Å². The SMILES string of the molecule is CCCCCCc1cc(-c2sc(-c3scc4c3OCCO4)cc2CCCCCC)sc1-c1ccc(C=C(c2ccccc2)c2ccccc2)cc1. The number of ether oxygens (including phenoxy) is 2. The Kier molecular flexibility index (Phi) is 12.2. The van der Waals surface area contributed by atoms with E-state index in [0.29, 0.717) is 13.2 Å². The minimum absolute atomic E-state index is 0.614. The zero-order valence-electron chi connectivity index (χ0n) is 29.9. The van der Waals surface area contributed by atoms with Crippen LogP contribution >= 0.6 is 34.0 Å². The van der Waals surface area contributed by atoms with Crippen LogP contribution in [0.15, 0.2) is 102 Å². The molecule has 0 N–H and O–H groups in total. The molecule has 4 heterocycles. The molecule has 0 bridgehead atoms. The van der Waals surface area contributed by atoms with Gasteiger partial charge < -0.3 is 9.47 Å². The number of rotatable bonds is 16. The first-order valence-electron chi connectivity index (χ1n) is 18.8. The van der Waals surface area contributed by atoms with Gasteiger partial charge in [-0.15, -0.1) is 34.0 Å². The van der Waals surface area contributed by atoms with E-state index in [-0.39, 0.29) is 0 Å². The van der Waals surface area contributed by atoms with E-state index >= 15 is 0 Å². The summed E-state index contributed by atoms with van der Waals surface area (Å²) in [6.45, 7) is 5.82. The molecule has 262 valence electrons. The molecule has 1 aliphatic heterocycles. The number of unbranched alkanes of at least 4 members (excludes halogenated alkanes) is 6. The average molecular weight is 729 g/mol. The quantitative estimate of drug-likeness (QED) is 0.0730. The molecule has 3 aromatic carbocycles. The zero-order chi connectivity index (χ0) is 34.8. The molecule has 0 spiro atoms. The van der Waals surface area contributed by atoms with E-state index in [0.717, 1.165) is 24.3 Å². The van der Waals surface area contributed by atoms with Crippen LogP contribution in [0.2, 0.25) is 0 Å². The Hall–Kier alpha value is -3.90. The highest BCUT2D eigenvalue weighted by atomic mass is 32.1. The molecule has 0 aliphatic carbocycles. The third-order valence-electron chi connectivity index (χ3n) is 9.62. The van der Waals surface area contributed by atoms with Crippen LogP contribution in [-0.4, -0.2) is 13.2 Å². The van der Waals surface area contributed by atoms with Gasteiger partial charge in [0.05, 0.1) is 4.88 Å². The van der Waals surface area contributed by atoms with Crippen molar-refractivity contribution in [2.45, 2.75) is 78.1 Å². The van der Waals surface area contributed by atoms with Crippen LogP contribution in [0.25, 0.3) is 41.6 Å². The number of hydrogen-bond acceptors (Lipinski definition) is 5. The molecule has 0 unspecified atom stereocenters. The van der Waals surface area contributed by atoms with Crippen LogP contribution in [0.5, 0.6) is 11.5 Å². The standard InChI is InChI=1S/C46H48O2S3/c1-3-5-7-11-21-37-30-41(45-38(22-12-8-6-4-2)31-42(51-45)46-43-40(32-49-46)47-27-28-48-43)50-44(37)36-25-23-33(24-26-36)29-39(34-17-13-9-14-18-34)35-19-15-10-16-20-35/h9-10,13-20,23-26,29-32H,3-8,11-12,21-22,27-28H2,1-2H3. The number of thiophene rings is 3. The summed E-state index contributed by atoms with van der Waals surface area (Å²) in [6.07, 6.45) is 14.7. The normalized spacial score (nSPS) is 12.3. The molecular weight excluding hydrogens is 681 g/mol. The fraction of sp³-hybridized carbons (Fsp3) is 0.304. The average Bonchev–Trinajstić information content (AvgIpc) is 3.92. The van der Waals surface area contributed by atoms with Crippen molar-refractivity contribution >= 4 is 45.7 Å². The lowest BCUT2D eigenvalue weighted by atomic mass is 9.95. The molecule has 51 heavy (non-hydrogen) atoms. The molecule has 0 saturated carbocycles. The molecular formula is C46H48O2S3. The molecule has 7 rings (SSSR count). The highest BCUT2D eigenvalue weighted by Crippen LogP contribution is 2.51. The van der Waals surface area contributed by atoms with Gasteiger partial charge in [-0.05, 0) is 82.8 Å². The molecule has 0 atom stereocenters. The lowest BCUT2D eigenvalue weighted by Gasteiger charge is -2.15. The van der Waals surface area contributed by atoms with Gasteiger partial charge in [-0.3, -0.25) is 0 Å². The van der Waals surface area contributed by atoms with Crippen LogP contribution in [0, 0.1) is 0 Å². The van der Waals surface area contributed by atoms with Crippen molar-refractivity contribution in [3.05, 3.63) is 130 Å². The van der Waals surface area contributed by atoms with E-state index in [1.165, 1.54) is 115 Å². The fourth-order valence-electron chi connectivity index (χ4n) is 6.89. The van der Waals surface area contributed by atoms with Crippen molar-refractivity contribution in [1.82, 2.24) is 0 Å². The number of benzene rings is 3. The van der Waals surface area contributed by atoms with E-state index in [2.05, 4.69) is 122 Å². The van der Waals surface area contributed by atoms with Gasteiger partial charge in [-0.25, -0.2) is 0 Å². The van der Waals surface area contributed by atoms with Crippen LogP contribution in [0.4, 0.5) is 0 Å². The van der Waals surface area contributed by atoms with E-state index in [1.807, 2.05) is 22.7 Å². The molecule has 0 saturated heterocycles. The van der Waals surface area contributed by atoms with E-state index in [4.69, 9.17) is 9.47 Å². The first kappa shape index (κ1) is 35.5. The van der Waals surface area contributed by atoms with Gasteiger partial charge in [0.2, 0.25) is 0 Å². The second-order valence-electron chi connectivity index (χ2n) is 13.4. The van der Waals surface area contributed by atoms with Crippen LogP contribution in [0.3, 0.4) is 0 Å². The maximum Gasteiger partial charge on any atom is 0.180 e. The fourth-order valence-corrected chi connectivity index (χ4v) is 10.5. The van der Waals surface area contributed by atoms with Gasteiger partial charge in [-0.1, -0.05) is 137 Å². The minimum atomic E-state index is 0.614. The predicted octanol–water partition coefficient (Wildman–Crippen LogP) is 14.5. The molecule has 0 radical (unpaired) electrons. The summed E-state index contributed by atoms with van der Waals surface area (Å²) in [5.74, 6) is 1.82. The number of fused-ring (bicyclic) bond motifs is 1. The topological polar surface area (TPSA) is 18.5 Å². The molecule has 3 aromatic heterocycles. The van der Waals surface area contributed by atoms with Gasteiger partial charge in [0.25, 0.3) is 0 Å². The van der Waals surface area contributed by atoms with Crippen molar-refractivity contribution in [2.75, 3.05) is 13.2 Å². The molecule has 0 fully saturated rings. The van der Waals surface area contributed by atoms with Gasteiger partial charge in [0.15, 0.2) is 11.5 Å². The predicted molar refractivity (Wildman–Crippen MR) is 223 cm³/mol. The highest BCUT2D eigenvalue weighted by Gasteiger charge is 2.24. The Bertz CT molecular complexity index is 1970. The Morgan fingerprint density at radius 3 is 1.80 bits per heavy atom. The Morgan fingerprint density at radius 1 is 0.608 bits per heavy atom. The van der Waals surface area contributed by atoms with Crippen molar-refractivity contribution in [2.24, 2.45) is 0 Å². The summed E-state index contributed by atoms with van der Waals surface area (Å²) < 4.78 is 12.1. The third-order valence-corrected chi connectivity index (χ3v) is 13.3. The lowest BCUT2D eigenvalue weighted by Crippen LogP contribution is -2.14. The van der Waals surface area contributed by atoms with E-state index in [1.54, 1.807) is 11.3 Å². The van der Waals surface area contributed by atoms with Crippen LogP contribution in [-0.2, 0) is 12.8 Å². The van der Waals surface area contributed by atoms with E-state index in [9.17, 15) is 0 Å². The Labute approximate surface area is 316 Å². The smallest absolute Gasteiger partial charge is 0.180 e. The highest BCUT2D eigenvalue weighted by molar-refractivity contribution is 7.27. The Morgan fingerprint density at radius 2 is 1.18 bits per heavy atom. The lowest BCUT2D eigenvalue weighted by molar-refractivity contribution is 0.174. The summed E-state index contributed by atoms with van der Waals surface area (Å²) in [5.41, 5.74) is 9.19. The van der Waals surface area contributed by atoms with Gasteiger partial charge in [-0.2, -0.15) is 0 Å². The zero-order valence-corrected chi connectivity index (χ0v) is 32.4. The molecule has 5 heteroatoms. The van der Waals surface area contributed by atoms with E-state index < -0.39 is 0 Å². The molecule has 6 aromatic rings. The summed E-state index contributed by atoms with van der Waals surface area (Å²) in [5, 5.41) is 2.11. The third kappa shape index (κ3) is 8.60. The summed E-state index contributed by atoms with van der Waals surface area (Å²) in [6, 6.07) is 35.7. The second kappa shape index (κ2) is 17.5. The molecule has 1 aliphatic rings. The molecule has 0 amide bonds. The van der Waals surface area contributed by atoms with Crippen molar-refractivity contribution in [1.29, 1.82) is 0 Å². The maximum absolute atomic E-state index is 6.14. The summed E-state index contributed by atoms with van der Waals surface area (Å²) in [4.78, 5) is 6.76. The van der Waals surface area contributed by atoms with Crippen molar-refractivity contribution < 1.29 is 9.47 Å². The van der Waals surface area contributed by atoms with Gasteiger partial charge >= 0.3 is 0 Å². The first-order chi connectivity index (χ1) is 25.2. The summed E-state index contributed by atoms with van der Waals surface area (Å²) >= 11 is 5.67. The monoisotopic (exact) mass is 728 g/mol. The largest absolute Gasteiger partial charge is 0.485 e. The van der Waals surface area contributed by atoms with Crippen LogP contribution < -0.4 is 9.47 Å². The van der Waals surface area contributed by atoms with Gasteiger partial charge in [0.1, 0.15) is 13.2 Å². The number of aryl methyl sites for hydroxylation is 2. The van der Waals surface area contributed by atoms with Gasteiger partial charge in [0, 0.05) is 24.9 Å². The second-order valence-corrected chi connectivity index (χ2v) is 16.4. The first-order valence-corrected chi connectivity index (χ1v) is 21.3. The Balaban J connectivity index is 1.24. The van der Waals surface area contributed by atoms with Crippen molar-refractivity contribution in [3.63, 3.8) is 0 Å². The number of hydrogen-bond donors (Lipinski definition) is 0. The minimum Gasteiger partial charge on any atom is -0.485 e. The molecule has 2 nitrogen and oxygen atoms in total.